The molecule has 38 valence electrons. The summed E-state index contributed by atoms with van der Waals surface area (Å²) in [4.78, 5) is 0. The molecule has 0 aliphatic heterocycles. The highest BCUT2D eigenvalue weighted by molar-refractivity contribution is 7.71. The first-order valence-electron chi connectivity index (χ1n) is 1.82. The minimum Gasteiger partial charge on any atom is -0.384 e. The van der Waals surface area contributed by atoms with E-state index in [1.54, 1.807) is 6.07 Å². The zero-order chi connectivity index (χ0) is 5.28. The maximum Gasteiger partial charge on any atom is 0.121 e. The zero-order valence-corrected chi connectivity index (χ0v) is 4.38. The fourth-order valence-corrected chi connectivity index (χ4v) is 0.525. The minimum atomic E-state index is 0.574. The smallest absolute Gasteiger partial charge is 0.121 e. The number of H-pyrrole nitrogens is 2. The third-order valence-corrected chi connectivity index (χ3v) is 0.837. The average Bonchev–Trinajstić information content (AvgIpc) is 1.87. The van der Waals surface area contributed by atoms with Crippen molar-refractivity contribution in [1.29, 1.82) is 0 Å². The SMILES string of the molecule is Nc1cc(=S)[nH][nH]1. The van der Waals surface area contributed by atoms with Gasteiger partial charge in [-0.15, -0.1) is 0 Å². The number of rotatable bonds is 0. The lowest BCUT2D eigenvalue weighted by Crippen LogP contribution is -1.81. The second-order valence-electron chi connectivity index (χ2n) is 1.21. The molecule has 0 aliphatic carbocycles. The van der Waals surface area contributed by atoms with E-state index in [9.17, 15) is 0 Å². The number of anilines is 1. The van der Waals surface area contributed by atoms with Gasteiger partial charge in [0.25, 0.3) is 0 Å². The Morgan fingerprint density at radius 2 is 2.29 bits per heavy atom. The first-order chi connectivity index (χ1) is 3.29. The Kier molecular flexibility index (Phi) is 0.867. The maximum atomic E-state index is 5.23. The summed E-state index contributed by atoms with van der Waals surface area (Å²) in [6.45, 7) is 0. The van der Waals surface area contributed by atoms with Gasteiger partial charge in [-0.1, -0.05) is 12.2 Å². The molecule has 7 heavy (non-hydrogen) atoms. The van der Waals surface area contributed by atoms with Gasteiger partial charge in [-0.05, 0) is 0 Å². The number of nitrogen functional groups attached to an aromatic ring is 1. The summed E-state index contributed by atoms with van der Waals surface area (Å²) in [5.74, 6) is 0.574. The van der Waals surface area contributed by atoms with Crippen molar-refractivity contribution in [3.63, 3.8) is 0 Å². The van der Waals surface area contributed by atoms with E-state index < -0.39 is 0 Å². The largest absolute Gasteiger partial charge is 0.384 e. The van der Waals surface area contributed by atoms with Crippen LogP contribution in [0.1, 0.15) is 0 Å². The molecule has 0 saturated heterocycles. The van der Waals surface area contributed by atoms with E-state index in [0.717, 1.165) is 0 Å². The maximum absolute atomic E-state index is 5.23. The van der Waals surface area contributed by atoms with Crippen LogP contribution in [0.3, 0.4) is 0 Å². The molecule has 1 aromatic rings. The fourth-order valence-electron chi connectivity index (χ4n) is 0.347. The van der Waals surface area contributed by atoms with Gasteiger partial charge in [-0.2, -0.15) is 0 Å². The van der Waals surface area contributed by atoms with Crippen LogP contribution in [0.5, 0.6) is 0 Å². The van der Waals surface area contributed by atoms with Crippen LogP contribution in [-0.4, -0.2) is 10.2 Å². The van der Waals surface area contributed by atoms with E-state index in [0.29, 0.717) is 10.5 Å². The zero-order valence-electron chi connectivity index (χ0n) is 3.56. The molecular formula is C3H5N3S. The van der Waals surface area contributed by atoms with Crippen LogP contribution in [0.2, 0.25) is 0 Å². The number of nitrogens with two attached hydrogens (primary N) is 1. The number of hydrogen-bond donors (Lipinski definition) is 3. The molecule has 1 rings (SSSR count). The number of hydrogen-bond acceptors (Lipinski definition) is 2. The Morgan fingerprint density at radius 1 is 1.57 bits per heavy atom. The molecule has 3 nitrogen and oxygen atoms in total. The van der Waals surface area contributed by atoms with Crippen molar-refractivity contribution in [3.05, 3.63) is 10.7 Å². The van der Waals surface area contributed by atoms with Crippen LogP contribution in [0.25, 0.3) is 0 Å². The first kappa shape index (κ1) is 4.39. The molecule has 4 heteroatoms. The monoisotopic (exact) mass is 115 g/mol. The Labute approximate surface area is 45.5 Å². The Balaban J connectivity index is 3.30. The van der Waals surface area contributed by atoms with Crippen LogP contribution >= 0.6 is 12.2 Å². The Morgan fingerprint density at radius 3 is 2.43 bits per heavy atom. The van der Waals surface area contributed by atoms with Crippen molar-refractivity contribution in [2.24, 2.45) is 0 Å². The van der Waals surface area contributed by atoms with Gasteiger partial charge >= 0.3 is 0 Å². The molecule has 0 saturated carbocycles. The lowest BCUT2D eigenvalue weighted by atomic mass is 10.7. The molecule has 4 N–H and O–H groups in total. The molecule has 0 amide bonds. The van der Waals surface area contributed by atoms with Crippen LogP contribution in [0.4, 0.5) is 5.82 Å². The molecule has 1 heterocycles. The standard InChI is InChI=1S/C3H5N3S/c4-2-1-3(7)6-5-2/h1H,(H4,4,5,6,7). The van der Waals surface area contributed by atoms with Crippen molar-refractivity contribution in [1.82, 2.24) is 10.2 Å². The molecular weight excluding hydrogens is 110 g/mol. The molecule has 0 unspecified atom stereocenters. The average molecular weight is 115 g/mol. The normalized spacial score (nSPS) is 9.14. The van der Waals surface area contributed by atoms with Gasteiger partial charge in [0.1, 0.15) is 10.5 Å². The molecule has 0 atom stereocenters. The highest BCUT2D eigenvalue weighted by Gasteiger charge is 1.78. The van der Waals surface area contributed by atoms with Gasteiger partial charge < -0.3 is 5.73 Å². The summed E-state index contributed by atoms with van der Waals surface area (Å²) in [5.41, 5.74) is 5.23. The Bertz CT molecular complexity index is 198. The van der Waals surface area contributed by atoms with Crippen LogP contribution in [0, 0.1) is 4.64 Å². The first-order valence-corrected chi connectivity index (χ1v) is 2.23. The summed E-state index contributed by atoms with van der Waals surface area (Å²) in [6, 6.07) is 1.65. The molecule has 0 bridgehead atoms. The number of aromatic nitrogens is 2. The lowest BCUT2D eigenvalue weighted by Gasteiger charge is -1.71. The van der Waals surface area contributed by atoms with Crippen molar-refractivity contribution in [2.45, 2.75) is 0 Å². The van der Waals surface area contributed by atoms with Gasteiger partial charge in [0.05, 0.1) is 0 Å². The van der Waals surface area contributed by atoms with Crippen molar-refractivity contribution in [2.75, 3.05) is 5.73 Å². The van der Waals surface area contributed by atoms with Crippen molar-refractivity contribution >= 4 is 18.0 Å². The topological polar surface area (TPSA) is 57.6 Å². The Hall–Kier alpha value is -0.770. The van der Waals surface area contributed by atoms with E-state index in [1.807, 2.05) is 0 Å². The number of aromatic amines is 2. The predicted octanol–water partition coefficient (Wildman–Crippen LogP) is 0.654. The van der Waals surface area contributed by atoms with Gasteiger partial charge in [-0.25, -0.2) is 0 Å². The van der Waals surface area contributed by atoms with Crippen molar-refractivity contribution in [3.8, 4) is 0 Å². The van der Waals surface area contributed by atoms with Crippen LogP contribution in [-0.2, 0) is 0 Å². The third kappa shape index (κ3) is 0.806. The predicted molar refractivity (Wildman–Crippen MR) is 30.4 cm³/mol. The van der Waals surface area contributed by atoms with Crippen LogP contribution < -0.4 is 5.73 Å². The quantitative estimate of drug-likeness (QED) is 0.435. The van der Waals surface area contributed by atoms with Gasteiger partial charge in [0, 0.05) is 6.07 Å². The van der Waals surface area contributed by atoms with Gasteiger partial charge in [0.2, 0.25) is 0 Å². The second kappa shape index (κ2) is 1.38. The lowest BCUT2D eigenvalue weighted by molar-refractivity contribution is 1.09. The molecule has 1 aromatic heterocycles. The number of nitrogens with one attached hydrogen (secondary N) is 2. The molecule has 0 aromatic carbocycles. The summed E-state index contributed by atoms with van der Waals surface area (Å²) < 4.78 is 0.637. The summed E-state index contributed by atoms with van der Waals surface area (Å²) >= 11 is 4.67. The third-order valence-electron chi connectivity index (χ3n) is 0.617. The van der Waals surface area contributed by atoms with E-state index in [-0.39, 0.29) is 0 Å². The molecule has 0 spiro atoms. The van der Waals surface area contributed by atoms with Gasteiger partial charge in [-0.3, -0.25) is 10.2 Å². The summed E-state index contributed by atoms with van der Waals surface area (Å²) in [5, 5.41) is 5.25. The summed E-state index contributed by atoms with van der Waals surface area (Å²) in [6.07, 6.45) is 0. The second-order valence-corrected chi connectivity index (χ2v) is 1.65. The van der Waals surface area contributed by atoms with Gasteiger partial charge in [0.15, 0.2) is 0 Å². The fraction of sp³-hybridized carbons (Fsp3) is 0. The summed E-state index contributed by atoms with van der Waals surface area (Å²) in [7, 11) is 0. The highest BCUT2D eigenvalue weighted by Crippen LogP contribution is 1.91. The molecule has 0 radical (unpaired) electrons. The van der Waals surface area contributed by atoms with E-state index in [4.69, 9.17) is 5.73 Å². The van der Waals surface area contributed by atoms with E-state index >= 15 is 0 Å². The molecule has 0 fully saturated rings. The highest BCUT2D eigenvalue weighted by atomic mass is 32.1. The molecule has 0 aliphatic rings. The minimum absolute atomic E-state index is 0.574. The van der Waals surface area contributed by atoms with E-state index in [1.165, 1.54) is 0 Å². The van der Waals surface area contributed by atoms with Crippen molar-refractivity contribution < 1.29 is 0 Å². The van der Waals surface area contributed by atoms with E-state index in [2.05, 4.69) is 22.4 Å². The van der Waals surface area contributed by atoms with Crippen LogP contribution in [0.15, 0.2) is 6.07 Å².